The van der Waals surface area contributed by atoms with E-state index in [4.69, 9.17) is 5.73 Å². The van der Waals surface area contributed by atoms with Gasteiger partial charge in [0.25, 0.3) is 0 Å². The predicted molar refractivity (Wildman–Crippen MR) is 95.4 cm³/mol. The second-order valence-electron chi connectivity index (χ2n) is 6.05. The van der Waals surface area contributed by atoms with Crippen molar-refractivity contribution in [2.75, 3.05) is 23.4 Å². The fraction of sp³-hybridized carbons (Fsp3) is 0.588. The van der Waals surface area contributed by atoms with E-state index in [0.29, 0.717) is 5.96 Å². The molecule has 4 heteroatoms. The lowest BCUT2D eigenvalue weighted by molar-refractivity contribution is 0.749. The quantitative estimate of drug-likeness (QED) is 0.459. The van der Waals surface area contributed by atoms with E-state index < -0.39 is 0 Å². The van der Waals surface area contributed by atoms with Crippen LogP contribution < -0.4 is 11.1 Å². The number of aliphatic imine (C=N–C) groups is 1. The topological polar surface area (TPSA) is 50.4 Å². The summed E-state index contributed by atoms with van der Waals surface area (Å²) in [6.07, 6.45) is 4.77. The second kappa shape index (κ2) is 8.32. The summed E-state index contributed by atoms with van der Waals surface area (Å²) in [7, 11) is 0. The Kier molecular flexibility index (Phi) is 6.43. The molecule has 0 radical (unpaired) electrons. The molecule has 0 amide bonds. The molecule has 0 aliphatic heterocycles. The number of thioether (sulfide) groups is 1. The lowest BCUT2D eigenvalue weighted by Crippen LogP contribution is -2.23. The van der Waals surface area contributed by atoms with E-state index in [1.165, 1.54) is 36.1 Å². The van der Waals surface area contributed by atoms with Crippen LogP contribution in [0.5, 0.6) is 0 Å². The molecular formula is C17H27N3S. The van der Waals surface area contributed by atoms with Crippen molar-refractivity contribution in [3.63, 3.8) is 0 Å². The third-order valence-electron chi connectivity index (χ3n) is 3.55. The number of benzene rings is 1. The van der Waals surface area contributed by atoms with Crippen LogP contribution in [0.1, 0.15) is 37.8 Å². The number of rotatable bonds is 7. The number of nitrogens with zero attached hydrogens (tertiary/aromatic N) is 1. The lowest BCUT2D eigenvalue weighted by Gasteiger charge is -2.08. The molecule has 0 atom stereocenters. The van der Waals surface area contributed by atoms with Gasteiger partial charge in [-0.15, -0.1) is 0 Å². The number of guanidine groups is 1. The van der Waals surface area contributed by atoms with E-state index in [0.717, 1.165) is 30.3 Å². The molecule has 0 unspecified atom stereocenters. The van der Waals surface area contributed by atoms with Crippen LogP contribution in [0.25, 0.3) is 0 Å². The maximum atomic E-state index is 5.95. The van der Waals surface area contributed by atoms with Gasteiger partial charge in [-0.05, 0) is 66.4 Å². The van der Waals surface area contributed by atoms with Gasteiger partial charge in [0.05, 0.1) is 0 Å². The Morgan fingerprint density at radius 1 is 1.33 bits per heavy atom. The summed E-state index contributed by atoms with van der Waals surface area (Å²) in [5.74, 6) is 3.69. The van der Waals surface area contributed by atoms with Crippen LogP contribution in [-0.4, -0.2) is 24.0 Å². The van der Waals surface area contributed by atoms with Gasteiger partial charge >= 0.3 is 0 Å². The average molecular weight is 305 g/mol. The smallest absolute Gasteiger partial charge is 0.193 e. The average Bonchev–Trinajstić information content (AvgIpc) is 2.89. The van der Waals surface area contributed by atoms with Crippen molar-refractivity contribution in [1.29, 1.82) is 0 Å². The minimum Gasteiger partial charge on any atom is -0.370 e. The summed E-state index contributed by atoms with van der Waals surface area (Å²) in [5.41, 5.74) is 9.95. The van der Waals surface area contributed by atoms with Crippen LogP contribution in [0, 0.1) is 5.92 Å². The number of fused-ring (bicyclic) bond motifs is 1. The molecule has 3 nitrogen and oxygen atoms in total. The van der Waals surface area contributed by atoms with Crippen LogP contribution in [0.2, 0.25) is 0 Å². The Morgan fingerprint density at radius 2 is 2.14 bits per heavy atom. The highest BCUT2D eigenvalue weighted by Crippen LogP contribution is 2.24. The molecule has 0 bridgehead atoms. The molecule has 2 rings (SSSR count). The molecule has 1 aliphatic rings. The molecule has 0 fully saturated rings. The molecular weight excluding hydrogens is 278 g/mol. The van der Waals surface area contributed by atoms with E-state index in [2.05, 4.69) is 42.4 Å². The highest BCUT2D eigenvalue weighted by atomic mass is 32.2. The Hall–Kier alpha value is -1.16. The summed E-state index contributed by atoms with van der Waals surface area (Å²) in [6.45, 7) is 5.31. The van der Waals surface area contributed by atoms with E-state index in [1.54, 1.807) is 0 Å². The van der Waals surface area contributed by atoms with Gasteiger partial charge in [-0.25, -0.2) is 0 Å². The van der Waals surface area contributed by atoms with Crippen LogP contribution >= 0.6 is 11.8 Å². The monoisotopic (exact) mass is 305 g/mol. The van der Waals surface area contributed by atoms with Gasteiger partial charge in [-0.2, -0.15) is 11.8 Å². The number of hydrogen-bond donors (Lipinski definition) is 2. The number of nitrogens with one attached hydrogen (secondary N) is 1. The van der Waals surface area contributed by atoms with Gasteiger partial charge in [0, 0.05) is 12.2 Å². The largest absolute Gasteiger partial charge is 0.370 e. The number of anilines is 1. The molecule has 0 heterocycles. The first kappa shape index (κ1) is 16.2. The number of hydrogen-bond acceptors (Lipinski definition) is 2. The van der Waals surface area contributed by atoms with Crippen LogP contribution in [-0.2, 0) is 12.8 Å². The Morgan fingerprint density at radius 3 is 2.95 bits per heavy atom. The summed E-state index contributed by atoms with van der Waals surface area (Å²) < 4.78 is 0. The Balaban J connectivity index is 1.71. The fourth-order valence-electron chi connectivity index (χ4n) is 2.52. The molecule has 21 heavy (non-hydrogen) atoms. The minimum atomic E-state index is 0.529. The van der Waals surface area contributed by atoms with Crippen molar-refractivity contribution in [1.82, 2.24) is 0 Å². The maximum absolute atomic E-state index is 5.95. The molecule has 1 aromatic carbocycles. The van der Waals surface area contributed by atoms with E-state index in [1.807, 2.05) is 11.8 Å². The van der Waals surface area contributed by atoms with Crippen molar-refractivity contribution in [3.05, 3.63) is 29.3 Å². The van der Waals surface area contributed by atoms with E-state index in [9.17, 15) is 0 Å². The summed E-state index contributed by atoms with van der Waals surface area (Å²) in [6, 6.07) is 6.52. The molecule has 0 saturated heterocycles. The van der Waals surface area contributed by atoms with Gasteiger partial charge in [-0.3, -0.25) is 4.99 Å². The highest BCUT2D eigenvalue weighted by molar-refractivity contribution is 7.99. The van der Waals surface area contributed by atoms with E-state index >= 15 is 0 Å². The molecule has 0 spiro atoms. The Labute approximate surface area is 132 Å². The third-order valence-corrected chi connectivity index (χ3v) is 5.03. The van der Waals surface area contributed by atoms with Crippen LogP contribution in [0.3, 0.4) is 0 Å². The van der Waals surface area contributed by atoms with Crippen molar-refractivity contribution in [2.45, 2.75) is 39.5 Å². The summed E-state index contributed by atoms with van der Waals surface area (Å²) in [4.78, 5) is 4.40. The van der Waals surface area contributed by atoms with Gasteiger partial charge in [0.1, 0.15) is 0 Å². The van der Waals surface area contributed by atoms with E-state index in [-0.39, 0.29) is 0 Å². The molecule has 116 valence electrons. The first-order chi connectivity index (χ1) is 10.1. The van der Waals surface area contributed by atoms with Crippen LogP contribution in [0.4, 0.5) is 5.69 Å². The van der Waals surface area contributed by atoms with Gasteiger partial charge in [0.2, 0.25) is 0 Å². The molecule has 1 aromatic rings. The minimum absolute atomic E-state index is 0.529. The lowest BCUT2D eigenvalue weighted by atomic mass is 10.1. The predicted octanol–water partition coefficient (Wildman–Crippen LogP) is 3.68. The molecule has 3 N–H and O–H groups in total. The first-order valence-corrected chi connectivity index (χ1v) is 9.07. The van der Waals surface area contributed by atoms with Crippen molar-refractivity contribution >= 4 is 23.4 Å². The number of nitrogens with two attached hydrogens (primary N) is 1. The molecule has 1 aliphatic carbocycles. The zero-order valence-corrected chi connectivity index (χ0v) is 14.0. The maximum Gasteiger partial charge on any atom is 0.193 e. The standard InChI is InChI=1S/C17H27N3S/c1-13(2)12-21-10-4-9-19-17(18)20-16-8-7-14-5-3-6-15(14)11-16/h7-8,11,13H,3-6,9-10,12H2,1-2H3,(H3,18,19,20). The third kappa shape index (κ3) is 5.62. The molecule has 0 saturated carbocycles. The number of aryl methyl sites for hydroxylation is 2. The zero-order valence-electron chi connectivity index (χ0n) is 13.2. The Bertz CT molecular complexity index is 483. The fourth-order valence-corrected chi connectivity index (χ4v) is 3.49. The van der Waals surface area contributed by atoms with Gasteiger partial charge < -0.3 is 11.1 Å². The summed E-state index contributed by atoms with van der Waals surface area (Å²) >= 11 is 2.00. The van der Waals surface area contributed by atoms with Gasteiger partial charge in [0.15, 0.2) is 5.96 Å². The van der Waals surface area contributed by atoms with Gasteiger partial charge in [-0.1, -0.05) is 19.9 Å². The normalized spacial score (nSPS) is 14.5. The van der Waals surface area contributed by atoms with Crippen molar-refractivity contribution in [3.8, 4) is 0 Å². The second-order valence-corrected chi connectivity index (χ2v) is 7.20. The summed E-state index contributed by atoms with van der Waals surface area (Å²) in [5, 5.41) is 3.20. The highest BCUT2D eigenvalue weighted by Gasteiger charge is 2.10. The molecule has 0 aromatic heterocycles. The SMILES string of the molecule is CC(C)CSCCCN=C(N)Nc1ccc2c(c1)CCC2. The van der Waals surface area contributed by atoms with Crippen molar-refractivity contribution < 1.29 is 0 Å². The zero-order chi connectivity index (χ0) is 15.1. The van der Waals surface area contributed by atoms with Crippen molar-refractivity contribution in [2.24, 2.45) is 16.6 Å². The van der Waals surface area contributed by atoms with Crippen LogP contribution in [0.15, 0.2) is 23.2 Å². The first-order valence-electron chi connectivity index (χ1n) is 7.91.